The normalized spacial score (nSPS) is 18.5. The summed E-state index contributed by atoms with van der Waals surface area (Å²) in [5, 5.41) is 3.45. The lowest BCUT2D eigenvalue weighted by Gasteiger charge is -2.30. The number of hydrogen-bond donors (Lipinski definition) is 1. The summed E-state index contributed by atoms with van der Waals surface area (Å²) in [5.41, 5.74) is 1.18. The zero-order valence-corrected chi connectivity index (χ0v) is 22.6. The van der Waals surface area contributed by atoms with Crippen molar-refractivity contribution in [1.29, 1.82) is 0 Å². The van der Waals surface area contributed by atoms with E-state index in [1.54, 1.807) is 12.4 Å². The second-order valence-electron chi connectivity index (χ2n) is 10.3. The third-order valence-electron chi connectivity index (χ3n) is 6.17. The molecule has 0 bridgehead atoms. The van der Waals surface area contributed by atoms with E-state index in [4.69, 9.17) is 26.1 Å². The van der Waals surface area contributed by atoms with Crippen molar-refractivity contribution in [2.75, 3.05) is 6.61 Å². The number of fused-ring (bicyclic) bond motifs is 1. The molecule has 0 unspecified atom stereocenters. The van der Waals surface area contributed by atoms with Crippen LogP contribution >= 0.6 is 11.6 Å². The molecule has 8 nitrogen and oxygen atoms in total. The van der Waals surface area contributed by atoms with Crippen molar-refractivity contribution >= 4 is 35.3 Å². The van der Waals surface area contributed by atoms with Gasteiger partial charge in [0.05, 0.1) is 24.7 Å². The minimum absolute atomic E-state index is 0.0388. The lowest BCUT2D eigenvalue weighted by molar-refractivity contribution is -0.143. The average Bonchev–Trinajstić information content (AvgIpc) is 3.25. The zero-order valence-electron chi connectivity index (χ0n) is 21.9. The van der Waals surface area contributed by atoms with Crippen LogP contribution in [0.25, 0.3) is 11.6 Å². The van der Waals surface area contributed by atoms with Gasteiger partial charge in [-0.15, -0.1) is 0 Å². The van der Waals surface area contributed by atoms with E-state index in [9.17, 15) is 9.59 Å². The van der Waals surface area contributed by atoms with E-state index in [0.717, 1.165) is 68.4 Å². The van der Waals surface area contributed by atoms with Gasteiger partial charge in [0, 0.05) is 18.4 Å². The summed E-state index contributed by atoms with van der Waals surface area (Å²) in [6.07, 6.45) is 15.3. The van der Waals surface area contributed by atoms with Crippen molar-refractivity contribution in [2.45, 2.75) is 103 Å². The van der Waals surface area contributed by atoms with Crippen LogP contribution in [0.2, 0.25) is 5.15 Å². The Hall–Kier alpha value is -2.61. The predicted octanol–water partition coefficient (Wildman–Crippen LogP) is 6.46. The second kappa shape index (κ2) is 13.1. The molecule has 1 aliphatic carbocycles. The number of unbranched alkanes of at least 4 members (excludes halogenated alkanes) is 3. The van der Waals surface area contributed by atoms with Crippen LogP contribution in [0.5, 0.6) is 0 Å². The Morgan fingerprint density at radius 2 is 2.00 bits per heavy atom. The minimum atomic E-state index is -0.524. The summed E-state index contributed by atoms with van der Waals surface area (Å²) < 4.78 is 12.5. The molecule has 36 heavy (non-hydrogen) atoms. The molecule has 1 fully saturated rings. The van der Waals surface area contributed by atoms with Gasteiger partial charge < -0.3 is 14.8 Å². The third kappa shape index (κ3) is 8.22. The first kappa shape index (κ1) is 28.0. The van der Waals surface area contributed by atoms with Gasteiger partial charge in [0.1, 0.15) is 16.9 Å². The van der Waals surface area contributed by atoms with Crippen molar-refractivity contribution in [2.24, 2.45) is 0 Å². The Bertz CT molecular complexity index is 1060. The topological polar surface area (TPSA) is 94.8 Å². The zero-order chi connectivity index (χ0) is 26.1. The fourth-order valence-corrected chi connectivity index (χ4v) is 4.79. The summed E-state index contributed by atoms with van der Waals surface area (Å²) in [6, 6.07) is 0.0388. The van der Waals surface area contributed by atoms with E-state index < -0.39 is 5.60 Å². The first-order valence-corrected chi connectivity index (χ1v) is 13.4. The first-order valence-electron chi connectivity index (χ1n) is 13.0. The molecule has 0 aromatic carbocycles. The van der Waals surface area contributed by atoms with Crippen LogP contribution in [0.3, 0.4) is 0 Å². The molecule has 1 amide bonds. The Morgan fingerprint density at radius 1 is 1.19 bits per heavy atom. The summed E-state index contributed by atoms with van der Waals surface area (Å²) in [5.74, 6) is 1.01. The highest BCUT2D eigenvalue weighted by Crippen LogP contribution is 2.34. The number of alkyl carbamates (subject to hydrolysis) is 1. The number of aromatic nitrogens is 3. The van der Waals surface area contributed by atoms with Gasteiger partial charge in [0.25, 0.3) is 0 Å². The van der Waals surface area contributed by atoms with Crippen LogP contribution in [0.15, 0.2) is 18.5 Å². The molecular weight excluding hydrogens is 480 g/mol. The van der Waals surface area contributed by atoms with E-state index in [1.807, 2.05) is 27.7 Å². The van der Waals surface area contributed by atoms with Crippen LogP contribution in [0, 0.1) is 0 Å². The van der Waals surface area contributed by atoms with Gasteiger partial charge in [-0.25, -0.2) is 14.8 Å². The smallest absolute Gasteiger partial charge is 0.407 e. The lowest BCUT2D eigenvalue weighted by Crippen LogP contribution is -2.41. The van der Waals surface area contributed by atoms with Crippen molar-refractivity contribution in [1.82, 2.24) is 19.7 Å². The number of carbonyl (C=O) groups is 2. The molecule has 198 valence electrons. The standard InChI is InChI=1S/C27H39ClN4O4/c1-5-35-23(33)15-10-8-6-7-9-14-21-17-29-24(28)22-18-30-25(32(21)22)19-12-11-13-20(16-19)31-26(34)36-27(2,3)4/h9,14,17-20H,5-8,10-13,15-16H2,1-4H3,(H,31,34)/b14-9+/t19-,20-/m1/s1. The number of halogens is 1. The lowest BCUT2D eigenvalue weighted by atomic mass is 9.85. The molecule has 3 rings (SSSR count). The van der Waals surface area contributed by atoms with Gasteiger partial charge in [-0.05, 0) is 72.3 Å². The number of imidazole rings is 1. The Balaban J connectivity index is 1.64. The molecular formula is C27H39ClN4O4. The van der Waals surface area contributed by atoms with Gasteiger partial charge in [-0.2, -0.15) is 0 Å². The summed E-state index contributed by atoms with van der Waals surface area (Å²) >= 11 is 6.40. The van der Waals surface area contributed by atoms with E-state index in [0.29, 0.717) is 18.2 Å². The van der Waals surface area contributed by atoms with Crippen LogP contribution in [-0.4, -0.2) is 44.7 Å². The average molecular weight is 519 g/mol. The quantitative estimate of drug-likeness (QED) is 0.286. The SMILES string of the molecule is CCOC(=O)CCCCC/C=C/c1cnc(Cl)c2cnc([C@@H]3CCC[C@@H](NC(=O)OC(C)(C)C)C3)n12. The number of nitrogens with one attached hydrogen (secondary N) is 1. The number of hydrogen-bond acceptors (Lipinski definition) is 6. The summed E-state index contributed by atoms with van der Waals surface area (Å²) in [7, 11) is 0. The van der Waals surface area contributed by atoms with Gasteiger partial charge in [-0.1, -0.05) is 30.5 Å². The number of amides is 1. The van der Waals surface area contributed by atoms with Gasteiger partial charge in [0.15, 0.2) is 5.15 Å². The number of ether oxygens (including phenoxy) is 2. The van der Waals surface area contributed by atoms with E-state index in [1.165, 1.54) is 0 Å². The highest BCUT2D eigenvalue weighted by molar-refractivity contribution is 6.32. The maximum Gasteiger partial charge on any atom is 0.407 e. The summed E-state index contributed by atoms with van der Waals surface area (Å²) in [4.78, 5) is 32.8. The Morgan fingerprint density at radius 3 is 2.75 bits per heavy atom. The molecule has 0 spiro atoms. The van der Waals surface area contributed by atoms with Crippen molar-refractivity contribution in [3.05, 3.63) is 35.1 Å². The van der Waals surface area contributed by atoms with Crippen molar-refractivity contribution < 1.29 is 19.1 Å². The molecule has 2 heterocycles. The molecule has 2 aromatic rings. The van der Waals surface area contributed by atoms with Crippen LogP contribution < -0.4 is 5.32 Å². The number of carbonyl (C=O) groups excluding carboxylic acids is 2. The van der Waals surface area contributed by atoms with Gasteiger partial charge in [-0.3, -0.25) is 9.20 Å². The van der Waals surface area contributed by atoms with Crippen LogP contribution in [0.4, 0.5) is 4.79 Å². The molecule has 1 N–H and O–H groups in total. The van der Waals surface area contributed by atoms with E-state index in [-0.39, 0.29) is 24.0 Å². The van der Waals surface area contributed by atoms with Crippen molar-refractivity contribution in [3.63, 3.8) is 0 Å². The predicted molar refractivity (Wildman–Crippen MR) is 141 cm³/mol. The molecule has 2 aromatic heterocycles. The Kier molecular flexibility index (Phi) is 10.2. The first-order chi connectivity index (χ1) is 17.2. The molecule has 1 aliphatic rings. The Labute approximate surface area is 218 Å². The minimum Gasteiger partial charge on any atom is -0.466 e. The third-order valence-corrected chi connectivity index (χ3v) is 6.47. The number of allylic oxidation sites excluding steroid dienone is 1. The molecule has 2 atom stereocenters. The molecule has 0 aliphatic heterocycles. The van der Waals surface area contributed by atoms with Gasteiger partial charge in [0.2, 0.25) is 0 Å². The van der Waals surface area contributed by atoms with E-state index in [2.05, 4.69) is 26.9 Å². The fraction of sp³-hybridized carbons (Fsp3) is 0.630. The molecule has 0 saturated heterocycles. The second-order valence-corrected chi connectivity index (χ2v) is 10.7. The number of rotatable bonds is 10. The summed E-state index contributed by atoms with van der Waals surface area (Å²) in [6.45, 7) is 7.85. The maximum absolute atomic E-state index is 12.3. The maximum atomic E-state index is 12.3. The monoisotopic (exact) mass is 518 g/mol. The van der Waals surface area contributed by atoms with Crippen LogP contribution in [-0.2, 0) is 14.3 Å². The van der Waals surface area contributed by atoms with Crippen LogP contribution in [0.1, 0.15) is 103 Å². The number of nitrogens with zero attached hydrogens (tertiary/aromatic N) is 3. The highest BCUT2D eigenvalue weighted by Gasteiger charge is 2.29. The number of esters is 1. The van der Waals surface area contributed by atoms with Crippen molar-refractivity contribution in [3.8, 4) is 0 Å². The molecule has 9 heteroatoms. The fourth-order valence-electron chi connectivity index (χ4n) is 4.61. The molecule has 0 radical (unpaired) electrons. The van der Waals surface area contributed by atoms with Gasteiger partial charge >= 0.3 is 12.1 Å². The molecule has 1 saturated carbocycles. The largest absolute Gasteiger partial charge is 0.466 e. The highest BCUT2D eigenvalue weighted by atomic mass is 35.5. The van der Waals surface area contributed by atoms with E-state index >= 15 is 0 Å².